The number of carbonyl (C=O) groups excluding carboxylic acids is 3. The topological polar surface area (TPSA) is 101 Å². The molecule has 0 unspecified atom stereocenters. The first-order valence-corrected chi connectivity index (χ1v) is 6.60. The number of anilines is 1. The Kier molecular flexibility index (Phi) is 4.87. The predicted molar refractivity (Wildman–Crippen MR) is 82.4 cm³/mol. The van der Waals surface area contributed by atoms with E-state index in [-0.39, 0.29) is 18.0 Å². The van der Waals surface area contributed by atoms with Crippen molar-refractivity contribution in [3.8, 4) is 0 Å². The van der Waals surface area contributed by atoms with E-state index in [0.717, 1.165) is 0 Å². The van der Waals surface area contributed by atoms with Gasteiger partial charge < -0.3 is 16.4 Å². The molecule has 22 heavy (non-hydrogen) atoms. The number of amides is 3. The first-order chi connectivity index (χ1) is 10.6. The number of para-hydroxylation sites is 1. The number of nitrogens with one attached hydrogen (secondary N) is 2. The molecule has 0 fully saturated rings. The number of nitrogens with two attached hydrogens (primary N) is 1. The molecule has 6 heteroatoms. The fourth-order valence-electron chi connectivity index (χ4n) is 1.85. The molecule has 6 nitrogen and oxygen atoms in total. The lowest BCUT2D eigenvalue weighted by Crippen LogP contribution is -2.33. The Labute approximate surface area is 127 Å². The van der Waals surface area contributed by atoms with Crippen LogP contribution in [0.1, 0.15) is 20.7 Å². The van der Waals surface area contributed by atoms with E-state index < -0.39 is 11.8 Å². The van der Waals surface area contributed by atoms with Gasteiger partial charge in [-0.15, -0.1) is 0 Å². The van der Waals surface area contributed by atoms with Crippen LogP contribution in [0.3, 0.4) is 0 Å². The summed E-state index contributed by atoms with van der Waals surface area (Å²) in [5.41, 5.74) is 6.22. The van der Waals surface area contributed by atoms with Crippen molar-refractivity contribution in [1.82, 2.24) is 5.32 Å². The Morgan fingerprint density at radius 2 is 1.55 bits per heavy atom. The van der Waals surface area contributed by atoms with Gasteiger partial charge in [-0.25, -0.2) is 0 Å². The van der Waals surface area contributed by atoms with Crippen LogP contribution >= 0.6 is 0 Å². The normalized spacial score (nSPS) is 9.82. The zero-order valence-corrected chi connectivity index (χ0v) is 11.7. The highest BCUT2D eigenvalue weighted by molar-refractivity contribution is 6.04. The average molecular weight is 297 g/mol. The van der Waals surface area contributed by atoms with Crippen molar-refractivity contribution in [3.05, 3.63) is 65.7 Å². The summed E-state index contributed by atoms with van der Waals surface area (Å²) in [4.78, 5) is 34.9. The number of primary amides is 1. The first kappa shape index (κ1) is 15.2. The third-order valence-corrected chi connectivity index (χ3v) is 2.91. The fourth-order valence-corrected chi connectivity index (χ4v) is 1.85. The zero-order valence-electron chi connectivity index (χ0n) is 11.7. The van der Waals surface area contributed by atoms with Crippen molar-refractivity contribution in [2.45, 2.75) is 0 Å². The summed E-state index contributed by atoms with van der Waals surface area (Å²) >= 11 is 0. The molecular weight excluding hydrogens is 282 g/mol. The van der Waals surface area contributed by atoms with E-state index in [1.165, 1.54) is 6.07 Å². The van der Waals surface area contributed by atoms with Crippen molar-refractivity contribution < 1.29 is 14.4 Å². The molecule has 2 aromatic carbocycles. The highest BCUT2D eigenvalue weighted by Crippen LogP contribution is 2.13. The van der Waals surface area contributed by atoms with Crippen LogP contribution in [0.4, 0.5) is 5.69 Å². The van der Waals surface area contributed by atoms with Crippen molar-refractivity contribution in [3.63, 3.8) is 0 Å². The van der Waals surface area contributed by atoms with Crippen LogP contribution in [0.15, 0.2) is 54.6 Å². The predicted octanol–water partition coefficient (Wildman–Crippen LogP) is 1.15. The van der Waals surface area contributed by atoms with Crippen LogP contribution < -0.4 is 16.4 Å². The second-order valence-corrected chi connectivity index (χ2v) is 4.51. The minimum absolute atomic E-state index is 0.208. The first-order valence-electron chi connectivity index (χ1n) is 6.60. The molecule has 112 valence electrons. The number of hydrogen-bond acceptors (Lipinski definition) is 3. The molecule has 4 N–H and O–H groups in total. The van der Waals surface area contributed by atoms with E-state index >= 15 is 0 Å². The molecule has 0 spiro atoms. The van der Waals surface area contributed by atoms with Crippen molar-refractivity contribution in [2.75, 3.05) is 11.9 Å². The molecule has 0 radical (unpaired) electrons. The lowest BCUT2D eigenvalue weighted by atomic mass is 10.1. The van der Waals surface area contributed by atoms with Gasteiger partial charge in [0.05, 0.1) is 17.8 Å². The summed E-state index contributed by atoms with van der Waals surface area (Å²) in [5.74, 6) is -1.43. The van der Waals surface area contributed by atoms with Crippen LogP contribution in [0.2, 0.25) is 0 Å². The minimum atomic E-state index is -0.635. The van der Waals surface area contributed by atoms with Crippen LogP contribution in [0.25, 0.3) is 0 Å². The number of benzene rings is 2. The van der Waals surface area contributed by atoms with Gasteiger partial charge in [0.15, 0.2) is 0 Å². The maximum absolute atomic E-state index is 11.8. The van der Waals surface area contributed by atoms with Crippen LogP contribution in [0.5, 0.6) is 0 Å². The van der Waals surface area contributed by atoms with E-state index in [0.29, 0.717) is 11.3 Å². The molecule has 3 amide bonds. The lowest BCUT2D eigenvalue weighted by molar-refractivity contribution is -0.115. The standard InChI is InChI=1S/C16H15N3O3/c17-15(21)12-8-4-5-9-13(12)19-14(20)10-18-16(22)11-6-2-1-3-7-11/h1-9H,10H2,(H2,17,21)(H,18,22)(H,19,20). The molecule has 0 saturated carbocycles. The second kappa shape index (κ2) is 7.03. The van der Waals surface area contributed by atoms with E-state index in [1.54, 1.807) is 48.5 Å². The lowest BCUT2D eigenvalue weighted by Gasteiger charge is -2.09. The van der Waals surface area contributed by atoms with E-state index in [2.05, 4.69) is 10.6 Å². The van der Waals surface area contributed by atoms with Gasteiger partial charge in [0.2, 0.25) is 5.91 Å². The molecule has 0 aliphatic rings. The van der Waals surface area contributed by atoms with Crippen LogP contribution in [0, 0.1) is 0 Å². The molecule has 0 heterocycles. The molecule has 0 aromatic heterocycles. The molecular formula is C16H15N3O3. The van der Waals surface area contributed by atoms with Gasteiger partial charge in [-0.3, -0.25) is 14.4 Å². The molecule has 0 atom stereocenters. The summed E-state index contributed by atoms with van der Waals surface area (Å²) in [6.07, 6.45) is 0. The Hall–Kier alpha value is -3.15. The molecule has 2 aromatic rings. The summed E-state index contributed by atoms with van der Waals surface area (Å²) in [7, 11) is 0. The smallest absolute Gasteiger partial charge is 0.251 e. The summed E-state index contributed by atoms with van der Waals surface area (Å²) in [5, 5.41) is 5.04. The maximum atomic E-state index is 11.8. The average Bonchev–Trinajstić information content (AvgIpc) is 2.53. The molecule has 0 saturated heterocycles. The fraction of sp³-hybridized carbons (Fsp3) is 0.0625. The Balaban J connectivity index is 1.94. The van der Waals surface area contributed by atoms with E-state index in [9.17, 15) is 14.4 Å². The highest BCUT2D eigenvalue weighted by Gasteiger charge is 2.11. The quantitative estimate of drug-likeness (QED) is 0.771. The zero-order chi connectivity index (χ0) is 15.9. The molecule has 2 rings (SSSR count). The van der Waals surface area contributed by atoms with Crippen molar-refractivity contribution >= 4 is 23.4 Å². The maximum Gasteiger partial charge on any atom is 0.251 e. The van der Waals surface area contributed by atoms with E-state index in [1.807, 2.05) is 0 Å². The van der Waals surface area contributed by atoms with Crippen molar-refractivity contribution in [1.29, 1.82) is 0 Å². The van der Waals surface area contributed by atoms with Crippen LogP contribution in [-0.4, -0.2) is 24.3 Å². The minimum Gasteiger partial charge on any atom is -0.366 e. The largest absolute Gasteiger partial charge is 0.366 e. The van der Waals surface area contributed by atoms with Crippen molar-refractivity contribution in [2.24, 2.45) is 5.73 Å². The van der Waals surface area contributed by atoms with Crippen LogP contribution in [-0.2, 0) is 4.79 Å². The van der Waals surface area contributed by atoms with Gasteiger partial charge in [0.1, 0.15) is 0 Å². The van der Waals surface area contributed by atoms with E-state index in [4.69, 9.17) is 5.73 Å². The second-order valence-electron chi connectivity index (χ2n) is 4.51. The number of hydrogen-bond donors (Lipinski definition) is 3. The summed E-state index contributed by atoms with van der Waals surface area (Å²) in [6, 6.07) is 15.0. The Morgan fingerprint density at radius 3 is 2.23 bits per heavy atom. The van der Waals surface area contributed by atoms with Gasteiger partial charge >= 0.3 is 0 Å². The van der Waals surface area contributed by atoms with Gasteiger partial charge in [0.25, 0.3) is 11.8 Å². The van der Waals surface area contributed by atoms with Gasteiger partial charge in [-0.2, -0.15) is 0 Å². The highest BCUT2D eigenvalue weighted by atomic mass is 16.2. The summed E-state index contributed by atoms with van der Waals surface area (Å²) in [6.45, 7) is -0.208. The third kappa shape index (κ3) is 3.92. The van der Waals surface area contributed by atoms with Gasteiger partial charge in [0, 0.05) is 5.56 Å². The Morgan fingerprint density at radius 1 is 0.909 bits per heavy atom. The Bertz CT molecular complexity index is 699. The van der Waals surface area contributed by atoms with Gasteiger partial charge in [-0.05, 0) is 24.3 Å². The third-order valence-electron chi connectivity index (χ3n) is 2.91. The number of carbonyl (C=O) groups is 3. The molecule has 0 aliphatic heterocycles. The van der Waals surface area contributed by atoms with Gasteiger partial charge in [-0.1, -0.05) is 30.3 Å². The number of rotatable bonds is 5. The summed E-state index contributed by atoms with van der Waals surface area (Å²) < 4.78 is 0. The molecule has 0 aliphatic carbocycles. The monoisotopic (exact) mass is 297 g/mol. The SMILES string of the molecule is NC(=O)c1ccccc1NC(=O)CNC(=O)c1ccccc1. The molecule has 0 bridgehead atoms.